The van der Waals surface area contributed by atoms with Crippen molar-refractivity contribution < 1.29 is 9.90 Å². The molecule has 1 N–H and O–H groups in total. The number of carbonyl (C=O) groups is 1. The summed E-state index contributed by atoms with van der Waals surface area (Å²) < 4.78 is 0. The Hall–Kier alpha value is -0.570. The zero-order valence-corrected chi connectivity index (χ0v) is 11.8. The molecular weight excluding hydrogens is 226 g/mol. The highest BCUT2D eigenvalue weighted by Gasteiger charge is 2.35. The lowest BCUT2D eigenvalue weighted by Gasteiger charge is -2.43. The van der Waals surface area contributed by atoms with E-state index < -0.39 is 5.97 Å². The lowest BCUT2D eigenvalue weighted by Crippen LogP contribution is -2.50. The molecule has 0 aromatic rings. The summed E-state index contributed by atoms with van der Waals surface area (Å²) in [5.41, 5.74) is 0. The van der Waals surface area contributed by atoms with Gasteiger partial charge in [0.15, 0.2) is 0 Å². The summed E-state index contributed by atoms with van der Waals surface area (Å²) >= 11 is 0. The average molecular weight is 253 g/mol. The van der Waals surface area contributed by atoms with Crippen molar-refractivity contribution in [2.24, 2.45) is 11.8 Å². The van der Waals surface area contributed by atoms with Crippen molar-refractivity contribution in [3.05, 3.63) is 0 Å². The van der Waals surface area contributed by atoms with Gasteiger partial charge in [-0.1, -0.05) is 33.1 Å². The smallest absolute Gasteiger partial charge is 0.317 e. The maximum absolute atomic E-state index is 11.2. The molecule has 0 spiro atoms. The van der Waals surface area contributed by atoms with E-state index in [1.165, 1.54) is 44.9 Å². The number of hydrogen-bond donors (Lipinski definition) is 1. The predicted octanol–water partition coefficient (Wildman–Crippen LogP) is 3.14. The van der Waals surface area contributed by atoms with Crippen LogP contribution in [0.1, 0.15) is 58.8 Å². The van der Waals surface area contributed by atoms with Gasteiger partial charge < -0.3 is 5.11 Å². The highest BCUT2D eigenvalue weighted by molar-refractivity contribution is 5.69. The molecule has 0 aromatic carbocycles. The summed E-state index contributed by atoms with van der Waals surface area (Å²) in [5.74, 6) is 0.748. The molecule has 2 fully saturated rings. The normalized spacial score (nSPS) is 34.1. The van der Waals surface area contributed by atoms with E-state index in [4.69, 9.17) is 0 Å². The standard InChI is InChI=1S/C15H27NO2/c1-11-7-8-12(2)14(9-11)16(10-15(17)18)13-5-3-4-6-13/h11-14H,3-10H2,1-2H3,(H,17,18). The fourth-order valence-corrected chi connectivity index (χ4v) is 3.87. The van der Waals surface area contributed by atoms with Gasteiger partial charge >= 0.3 is 5.97 Å². The van der Waals surface area contributed by atoms with Gasteiger partial charge in [0.05, 0.1) is 6.54 Å². The van der Waals surface area contributed by atoms with Crippen molar-refractivity contribution in [2.45, 2.75) is 70.9 Å². The van der Waals surface area contributed by atoms with Crippen LogP contribution in [0.2, 0.25) is 0 Å². The molecule has 2 aliphatic carbocycles. The van der Waals surface area contributed by atoms with Gasteiger partial charge in [-0.3, -0.25) is 9.69 Å². The largest absolute Gasteiger partial charge is 0.480 e. The Morgan fingerprint density at radius 1 is 1.17 bits per heavy atom. The van der Waals surface area contributed by atoms with Crippen LogP contribution in [0.25, 0.3) is 0 Å². The maximum atomic E-state index is 11.2. The molecule has 0 aliphatic heterocycles. The van der Waals surface area contributed by atoms with E-state index in [0.717, 1.165) is 5.92 Å². The van der Waals surface area contributed by atoms with Crippen molar-refractivity contribution >= 4 is 5.97 Å². The molecule has 18 heavy (non-hydrogen) atoms. The second-order valence-electron chi connectivity index (χ2n) is 6.47. The molecule has 2 saturated carbocycles. The van der Waals surface area contributed by atoms with Gasteiger partial charge in [-0.05, 0) is 37.5 Å². The fourth-order valence-electron chi connectivity index (χ4n) is 3.87. The van der Waals surface area contributed by atoms with Crippen LogP contribution in [0.15, 0.2) is 0 Å². The van der Waals surface area contributed by atoms with Gasteiger partial charge in [-0.15, -0.1) is 0 Å². The summed E-state index contributed by atoms with van der Waals surface area (Å²) in [6.07, 6.45) is 8.70. The number of nitrogens with zero attached hydrogens (tertiary/aromatic N) is 1. The van der Waals surface area contributed by atoms with E-state index >= 15 is 0 Å². The van der Waals surface area contributed by atoms with Crippen molar-refractivity contribution in [3.8, 4) is 0 Å². The summed E-state index contributed by atoms with van der Waals surface area (Å²) in [5, 5.41) is 9.19. The average Bonchev–Trinajstić information content (AvgIpc) is 2.82. The van der Waals surface area contributed by atoms with Crippen LogP contribution in [0.3, 0.4) is 0 Å². The molecule has 0 saturated heterocycles. The molecule has 0 bridgehead atoms. The molecule has 0 radical (unpaired) electrons. The van der Waals surface area contributed by atoms with Crippen LogP contribution >= 0.6 is 0 Å². The zero-order chi connectivity index (χ0) is 13.1. The van der Waals surface area contributed by atoms with E-state index in [-0.39, 0.29) is 6.54 Å². The highest BCUT2D eigenvalue weighted by atomic mass is 16.4. The molecule has 104 valence electrons. The quantitative estimate of drug-likeness (QED) is 0.836. The van der Waals surface area contributed by atoms with Gasteiger partial charge in [0.2, 0.25) is 0 Å². The third kappa shape index (κ3) is 3.25. The second-order valence-corrected chi connectivity index (χ2v) is 6.47. The fraction of sp³-hybridized carbons (Fsp3) is 0.933. The molecule has 3 unspecified atom stereocenters. The third-order valence-corrected chi connectivity index (χ3v) is 4.95. The summed E-state index contributed by atoms with van der Waals surface area (Å²) in [4.78, 5) is 13.5. The first-order valence-corrected chi connectivity index (χ1v) is 7.55. The van der Waals surface area contributed by atoms with Crippen molar-refractivity contribution in [2.75, 3.05) is 6.54 Å². The minimum Gasteiger partial charge on any atom is -0.480 e. The number of carboxylic acids is 1. The number of aliphatic carboxylic acids is 1. The van der Waals surface area contributed by atoms with Crippen LogP contribution in [0.4, 0.5) is 0 Å². The van der Waals surface area contributed by atoms with E-state index in [1.54, 1.807) is 0 Å². The Balaban J connectivity index is 2.07. The molecule has 0 amide bonds. The minimum absolute atomic E-state index is 0.242. The monoisotopic (exact) mass is 253 g/mol. The number of rotatable bonds is 4. The van der Waals surface area contributed by atoms with E-state index in [2.05, 4.69) is 18.7 Å². The lowest BCUT2D eigenvalue weighted by atomic mass is 9.78. The SMILES string of the molecule is CC1CCC(C)C(N(CC(=O)O)C2CCCC2)C1. The molecule has 0 heterocycles. The molecule has 3 nitrogen and oxygen atoms in total. The maximum Gasteiger partial charge on any atom is 0.317 e. The van der Waals surface area contributed by atoms with Crippen LogP contribution in [0, 0.1) is 11.8 Å². The molecular formula is C15H27NO2. The Bertz CT molecular complexity index is 286. The van der Waals surface area contributed by atoms with Crippen LogP contribution in [-0.2, 0) is 4.79 Å². The van der Waals surface area contributed by atoms with Gasteiger partial charge in [-0.2, -0.15) is 0 Å². The molecule has 3 heteroatoms. The molecule has 2 aliphatic rings. The van der Waals surface area contributed by atoms with Crippen LogP contribution in [-0.4, -0.2) is 34.6 Å². The van der Waals surface area contributed by atoms with Crippen LogP contribution in [0.5, 0.6) is 0 Å². The van der Waals surface area contributed by atoms with E-state index in [1.807, 2.05) is 0 Å². The Labute approximate surface area is 111 Å². The minimum atomic E-state index is -0.660. The van der Waals surface area contributed by atoms with Crippen molar-refractivity contribution in [3.63, 3.8) is 0 Å². The molecule has 0 aromatic heterocycles. The van der Waals surface area contributed by atoms with Gasteiger partial charge in [-0.25, -0.2) is 0 Å². The predicted molar refractivity (Wildman–Crippen MR) is 72.6 cm³/mol. The second kappa shape index (κ2) is 6.05. The number of carboxylic acid groups (broad SMARTS) is 1. The first-order valence-electron chi connectivity index (χ1n) is 7.55. The van der Waals surface area contributed by atoms with Gasteiger partial charge in [0, 0.05) is 12.1 Å². The third-order valence-electron chi connectivity index (χ3n) is 4.95. The molecule has 3 atom stereocenters. The van der Waals surface area contributed by atoms with Gasteiger partial charge in [0.1, 0.15) is 0 Å². The summed E-state index contributed by atoms with van der Waals surface area (Å²) in [6, 6.07) is 1.02. The van der Waals surface area contributed by atoms with Crippen LogP contribution < -0.4 is 0 Å². The van der Waals surface area contributed by atoms with Crippen molar-refractivity contribution in [1.82, 2.24) is 4.90 Å². The Morgan fingerprint density at radius 2 is 1.83 bits per heavy atom. The van der Waals surface area contributed by atoms with E-state index in [9.17, 15) is 9.90 Å². The zero-order valence-electron chi connectivity index (χ0n) is 11.8. The lowest BCUT2D eigenvalue weighted by molar-refractivity contribution is -0.140. The number of hydrogen-bond acceptors (Lipinski definition) is 2. The Morgan fingerprint density at radius 3 is 2.44 bits per heavy atom. The Kier molecular flexibility index (Phi) is 4.66. The van der Waals surface area contributed by atoms with E-state index in [0.29, 0.717) is 18.0 Å². The van der Waals surface area contributed by atoms with Crippen molar-refractivity contribution in [1.29, 1.82) is 0 Å². The first kappa shape index (κ1) is 13.9. The molecule has 2 rings (SSSR count). The topological polar surface area (TPSA) is 40.5 Å². The summed E-state index contributed by atoms with van der Waals surface area (Å²) in [6.45, 7) is 4.86. The highest BCUT2D eigenvalue weighted by Crippen LogP contribution is 2.35. The van der Waals surface area contributed by atoms with Gasteiger partial charge in [0.25, 0.3) is 0 Å². The summed E-state index contributed by atoms with van der Waals surface area (Å²) in [7, 11) is 0. The first-order chi connectivity index (χ1) is 8.58.